The summed E-state index contributed by atoms with van der Waals surface area (Å²) >= 11 is 0. The molecule has 0 N–H and O–H groups in total. The first-order valence-electron chi connectivity index (χ1n) is 3.48. The molecule has 0 aromatic carbocycles. The highest BCUT2D eigenvalue weighted by molar-refractivity contribution is 5.15. The predicted molar refractivity (Wildman–Crippen MR) is 36.4 cm³/mol. The van der Waals surface area contributed by atoms with Crippen LogP contribution < -0.4 is 4.57 Å². The van der Waals surface area contributed by atoms with Crippen molar-refractivity contribution in [3.8, 4) is 0 Å². The number of rotatable bonds is 0. The molecule has 1 heterocycles. The summed E-state index contributed by atoms with van der Waals surface area (Å²) in [5.74, 6) is 1.12. The first-order valence-corrected chi connectivity index (χ1v) is 3.48. The molecule has 2 rings (SSSR count). The number of hydrogen-bond donors (Lipinski definition) is 0. The van der Waals surface area contributed by atoms with Gasteiger partial charge in [-0.05, 0) is 0 Å². The van der Waals surface area contributed by atoms with Gasteiger partial charge in [0.05, 0.1) is 6.42 Å². The molecule has 2 nitrogen and oxygen atoms in total. The second kappa shape index (κ2) is 1.97. The van der Waals surface area contributed by atoms with Crippen molar-refractivity contribution in [2.75, 3.05) is 0 Å². The molecule has 10 heavy (non-hydrogen) atoms. The average molecular weight is 136 g/mol. The Morgan fingerprint density at radius 1 is 1.40 bits per heavy atom. The third-order valence-corrected chi connectivity index (χ3v) is 1.88. The number of hydrogen-bond acceptors (Lipinski definition) is 1. The van der Waals surface area contributed by atoms with Crippen LogP contribution in [0.15, 0.2) is 23.0 Å². The highest BCUT2D eigenvalue weighted by atomic mass is 16.3. The maximum Gasteiger partial charge on any atom is 0.334 e. The van der Waals surface area contributed by atoms with E-state index in [0.29, 0.717) is 0 Å². The Labute approximate surface area is 59.8 Å². The predicted octanol–water partition coefficient (Wildman–Crippen LogP) is 0.759. The fraction of sp³-hybridized carbons (Fsp3) is 0.375. The van der Waals surface area contributed by atoms with Gasteiger partial charge >= 0.3 is 6.39 Å². The Morgan fingerprint density at radius 3 is 3.00 bits per heavy atom. The minimum absolute atomic E-state index is 0.955. The second-order valence-electron chi connectivity index (χ2n) is 2.58. The lowest BCUT2D eigenvalue weighted by Gasteiger charge is -1.96. The van der Waals surface area contributed by atoms with Crippen LogP contribution >= 0.6 is 0 Å². The first kappa shape index (κ1) is 5.71. The number of aryl methyl sites for hydroxylation is 1. The van der Waals surface area contributed by atoms with Gasteiger partial charge in [-0.15, -0.1) is 0 Å². The topological polar surface area (TPSA) is 17.0 Å². The monoisotopic (exact) mass is 136 g/mol. The molecule has 0 fully saturated rings. The Kier molecular flexibility index (Phi) is 1.13. The van der Waals surface area contributed by atoms with Crippen LogP contribution in [0.1, 0.15) is 11.5 Å². The highest BCUT2D eigenvalue weighted by Crippen LogP contribution is 2.11. The number of allylic oxidation sites excluding steroid dienone is 2. The third kappa shape index (κ3) is 0.685. The molecule has 0 saturated carbocycles. The first-order chi connectivity index (χ1) is 4.88. The van der Waals surface area contributed by atoms with E-state index in [2.05, 4.69) is 12.2 Å². The van der Waals surface area contributed by atoms with Gasteiger partial charge in [0.25, 0.3) is 0 Å². The van der Waals surface area contributed by atoms with Crippen molar-refractivity contribution in [2.45, 2.75) is 12.8 Å². The molecule has 1 aliphatic rings. The molecule has 1 aromatic rings. The summed E-state index contributed by atoms with van der Waals surface area (Å²) < 4.78 is 7.34. The minimum atomic E-state index is 0.955. The van der Waals surface area contributed by atoms with Crippen molar-refractivity contribution in [1.29, 1.82) is 0 Å². The fourth-order valence-electron chi connectivity index (χ4n) is 1.28. The van der Waals surface area contributed by atoms with E-state index in [1.165, 1.54) is 5.69 Å². The smallest absolute Gasteiger partial charge is 0.334 e. The van der Waals surface area contributed by atoms with E-state index in [1.807, 2.05) is 11.6 Å². The van der Waals surface area contributed by atoms with E-state index in [1.54, 1.807) is 6.39 Å². The van der Waals surface area contributed by atoms with Gasteiger partial charge in [0.2, 0.25) is 5.69 Å². The van der Waals surface area contributed by atoms with Crippen molar-refractivity contribution in [1.82, 2.24) is 0 Å². The summed E-state index contributed by atoms with van der Waals surface area (Å²) in [6.45, 7) is 0. The van der Waals surface area contributed by atoms with E-state index < -0.39 is 0 Å². The summed E-state index contributed by atoms with van der Waals surface area (Å²) in [6, 6.07) is 0. The van der Waals surface area contributed by atoms with Gasteiger partial charge in [-0.25, -0.2) is 0 Å². The molecule has 1 aliphatic carbocycles. The van der Waals surface area contributed by atoms with Crippen LogP contribution in [-0.4, -0.2) is 0 Å². The van der Waals surface area contributed by atoms with Gasteiger partial charge in [0, 0.05) is 6.42 Å². The van der Waals surface area contributed by atoms with Crippen LogP contribution in [0.2, 0.25) is 0 Å². The highest BCUT2D eigenvalue weighted by Gasteiger charge is 2.18. The number of fused-ring (bicyclic) bond motifs is 1. The van der Waals surface area contributed by atoms with Crippen molar-refractivity contribution in [3.05, 3.63) is 30.0 Å². The summed E-state index contributed by atoms with van der Waals surface area (Å²) in [4.78, 5) is 0. The number of aromatic nitrogens is 1. The Hall–Kier alpha value is -1.05. The molecule has 0 unspecified atom stereocenters. The summed E-state index contributed by atoms with van der Waals surface area (Å²) in [5, 5.41) is 0. The number of oxazole rings is 1. The molecule has 0 atom stereocenters. The zero-order valence-corrected chi connectivity index (χ0v) is 6.00. The summed E-state index contributed by atoms with van der Waals surface area (Å²) in [6.07, 6.45) is 8.06. The number of nitrogens with zero attached hydrogens (tertiary/aromatic N) is 1. The molecule has 0 amide bonds. The van der Waals surface area contributed by atoms with Crippen molar-refractivity contribution >= 4 is 0 Å². The zero-order valence-electron chi connectivity index (χ0n) is 6.00. The Morgan fingerprint density at radius 2 is 2.20 bits per heavy atom. The SMILES string of the molecule is C[n+]1coc2c1CC=CC2. The molecule has 2 heteroatoms. The van der Waals surface area contributed by atoms with Crippen LogP contribution in [0, 0.1) is 0 Å². The molecule has 0 spiro atoms. The molecule has 0 bridgehead atoms. The Bertz CT molecular complexity index is 273. The molecular weight excluding hydrogens is 126 g/mol. The van der Waals surface area contributed by atoms with E-state index in [-0.39, 0.29) is 0 Å². The van der Waals surface area contributed by atoms with Crippen LogP contribution in [0.5, 0.6) is 0 Å². The minimum Gasteiger partial charge on any atom is -0.408 e. The maximum atomic E-state index is 5.30. The zero-order chi connectivity index (χ0) is 6.97. The van der Waals surface area contributed by atoms with Crippen LogP contribution in [0.4, 0.5) is 0 Å². The van der Waals surface area contributed by atoms with Gasteiger partial charge < -0.3 is 4.42 Å². The van der Waals surface area contributed by atoms with Gasteiger partial charge in [-0.3, -0.25) is 0 Å². The van der Waals surface area contributed by atoms with Gasteiger partial charge in [0.1, 0.15) is 7.05 Å². The Balaban J connectivity index is 2.50. The largest absolute Gasteiger partial charge is 0.408 e. The van der Waals surface area contributed by atoms with Crippen LogP contribution in [0.25, 0.3) is 0 Å². The molecule has 52 valence electrons. The van der Waals surface area contributed by atoms with Crippen molar-refractivity contribution in [3.63, 3.8) is 0 Å². The third-order valence-electron chi connectivity index (χ3n) is 1.88. The van der Waals surface area contributed by atoms with Crippen molar-refractivity contribution in [2.24, 2.45) is 7.05 Å². The van der Waals surface area contributed by atoms with Crippen LogP contribution in [0.3, 0.4) is 0 Å². The molecule has 0 saturated heterocycles. The average Bonchev–Trinajstić information content (AvgIpc) is 2.34. The van der Waals surface area contributed by atoms with Crippen molar-refractivity contribution < 1.29 is 8.98 Å². The lowest BCUT2D eigenvalue weighted by molar-refractivity contribution is -0.681. The van der Waals surface area contributed by atoms with Gasteiger partial charge in [-0.1, -0.05) is 12.2 Å². The summed E-state index contributed by atoms with van der Waals surface area (Å²) in [7, 11) is 2.02. The molecule has 0 aliphatic heterocycles. The van der Waals surface area contributed by atoms with E-state index in [4.69, 9.17) is 4.42 Å². The molecular formula is C8H10NO+. The maximum absolute atomic E-state index is 5.30. The lowest BCUT2D eigenvalue weighted by atomic mass is 10.1. The molecule has 0 radical (unpaired) electrons. The fourth-order valence-corrected chi connectivity index (χ4v) is 1.28. The standard InChI is InChI=1S/C8H10NO/c1-9-6-10-8-5-3-2-4-7(8)9/h2-3,6H,4-5H2,1H3/q+1. The lowest BCUT2D eigenvalue weighted by Crippen LogP contribution is -2.30. The van der Waals surface area contributed by atoms with Crippen LogP contribution in [-0.2, 0) is 19.9 Å². The van der Waals surface area contributed by atoms with E-state index in [0.717, 1.165) is 18.6 Å². The van der Waals surface area contributed by atoms with E-state index >= 15 is 0 Å². The molecule has 1 aromatic heterocycles. The normalized spacial score (nSPS) is 15.3. The second-order valence-corrected chi connectivity index (χ2v) is 2.58. The quantitative estimate of drug-likeness (QED) is 0.380. The summed E-state index contributed by atoms with van der Waals surface area (Å²) in [5.41, 5.74) is 1.31. The van der Waals surface area contributed by atoms with Gasteiger partial charge in [-0.2, -0.15) is 4.57 Å². The van der Waals surface area contributed by atoms with Gasteiger partial charge in [0.15, 0.2) is 5.76 Å². The van der Waals surface area contributed by atoms with E-state index in [9.17, 15) is 0 Å².